The van der Waals surface area contributed by atoms with Crippen LogP contribution >= 0.6 is 6.11 Å². The van der Waals surface area contributed by atoms with Crippen LogP contribution in [-0.2, 0) is 0 Å². The van der Waals surface area contributed by atoms with Crippen molar-refractivity contribution >= 4 is 21.2 Å². The Labute approximate surface area is 98.5 Å². The van der Waals surface area contributed by atoms with Crippen molar-refractivity contribution in [3.05, 3.63) is 30.3 Å². The first kappa shape index (κ1) is 13.0. The van der Waals surface area contributed by atoms with Crippen LogP contribution in [0.3, 0.4) is 0 Å². The Bertz CT molecular complexity index is 341. The Morgan fingerprint density at radius 1 is 1.27 bits per heavy atom. The first-order valence-corrected chi connectivity index (χ1v) is 8.76. The number of benzene rings is 1. The topological polar surface area (TPSA) is 32.7 Å². The van der Waals surface area contributed by atoms with Crippen LogP contribution in [-0.4, -0.2) is 37.8 Å². The fourth-order valence-corrected chi connectivity index (χ4v) is 4.48. The summed E-state index contributed by atoms with van der Waals surface area (Å²) >= 11 is 2.77. The molecule has 3 nitrogen and oxygen atoms in total. The van der Waals surface area contributed by atoms with Gasteiger partial charge in [0.1, 0.15) is 0 Å². The van der Waals surface area contributed by atoms with Crippen molar-refractivity contribution in [1.29, 1.82) is 0 Å². The second-order valence-electron chi connectivity index (χ2n) is 3.03. The van der Waals surface area contributed by atoms with E-state index in [1.165, 1.54) is 0 Å². The summed E-state index contributed by atoms with van der Waals surface area (Å²) in [6, 6.07) is 9.37. The van der Waals surface area contributed by atoms with E-state index in [4.69, 9.17) is 4.52 Å². The molecule has 84 valence electrons. The molecule has 0 radical (unpaired) electrons. The van der Waals surface area contributed by atoms with Crippen molar-refractivity contribution in [3.63, 3.8) is 0 Å². The Kier molecular flexibility index (Phi) is 5.04. The van der Waals surface area contributed by atoms with Gasteiger partial charge in [-0.15, -0.1) is 0 Å². The Morgan fingerprint density at radius 2 is 1.80 bits per heavy atom. The molecule has 5 heteroatoms. The van der Waals surface area contributed by atoms with Crippen molar-refractivity contribution in [2.45, 2.75) is 13.8 Å². The van der Waals surface area contributed by atoms with Gasteiger partial charge >= 0.3 is 98.3 Å². The summed E-state index contributed by atoms with van der Waals surface area (Å²) in [6.45, 7) is 5.53. The molecule has 0 fully saturated rings. The number of hydrogen-bond donors (Lipinski definition) is 1. The van der Waals surface area contributed by atoms with Gasteiger partial charge in [0, 0.05) is 0 Å². The maximum absolute atomic E-state index is 10.2. The zero-order valence-electron chi connectivity index (χ0n) is 8.96. The molecule has 0 aliphatic rings. The van der Waals surface area contributed by atoms with E-state index in [0.717, 1.165) is 13.1 Å². The zero-order chi connectivity index (χ0) is 11.3. The summed E-state index contributed by atoms with van der Waals surface area (Å²) in [5.74, 6) is 0.694. The van der Waals surface area contributed by atoms with Gasteiger partial charge in [-0.05, 0) is 0 Å². The van der Waals surface area contributed by atoms with Gasteiger partial charge in [-0.3, -0.25) is 0 Å². The Hall–Kier alpha value is -0.111. The van der Waals surface area contributed by atoms with E-state index in [1.807, 2.05) is 48.8 Å². The molecule has 1 atom stereocenters. The van der Waals surface area contributed by atoms with Crippen LogP contribution in [0.15, 0.2) is 30.3 Å². The van der Waals surface area contributed by atoms with Crippen LogP contribution in [0.25, 0.3) is 0 Å². The first-order chi connectivity index (χ1) is 7.10. The average molecular weight is 292 g/mol. The summed E-state index contributed by atoms with van der Waals surface area (Å²) in [7, 11) is 0. The third kappa shape index (κ3) is 3.75. The van der Waals surface area contributed by atoms with Gasteiger partial charge in [0.2, 0.25) is 0 Å². The molecule has 0 amide bonds. The second kappa shape index (κ2) is 5.83. The number of hydrogen-bond acceptors (Lipinski definition) is 3. The van der Waals surface area contributed by atoms with Crippen molar-refractivity contribution in [3.8, 4) is 5.75 Å². The van der Waals surface area contributed by atoms with Crippen LogP contribution in [0.2, 0.25) is 0 Å². The molecule has 1 N–H and O–H groups in total. The molecule has 1 aromatic carbocycles. The Balaban J connectivity index is 2.76. The molecule has 0 bridgehead atoms. The van der Waals surface area contributed by atoms with E-state index >= 15 is 0 Å². The van der Waals surface area contributed by atoms with E-state index in [1.54, 1.807) is 0 Å². The van der Waals surface area contributed by atoms with E-state index < -0.39 is 6.11 Å². The number of para-hydroxylation sites is 1. The quantitative estimate of drug-likeness (QED) is 0.667. The van der Waals surface area contributed by atoms with Gasteiger partial charge in [0.15, 0.2) is 0 Å². The predicted molar refractivity (Wildman–Crippen MR) is 64.9 cm³/mol. The molecular formula is C10H16NO2PSe. The van der Waals surface area contributed by atoms with Crippen LogP contribution in [0, 0.1) is 0 Å². The van der Waals surface area contributed by atoms with E-state index in [9.17, 15) is 4.89 Å². The third-order valence-corrected chi connectivity index (χ3v) is 5.71. The maximum atomic E-state index is 10.2. The molecule has 1 rings (SSSR count). The molecular weight excluding hydrogens is 276 g/mol. The summed E-state index contributed by atoms with van der Waals surface area (Å²) in [6.07, 6.45) is -2.57. The van der Waals surface area contributed by atoms with Crippen LogP contribution < -0.4 is 4.52 Å². The second-order valence-corrected chi connectivity index (χ2v) is 7.76. The first-order valence-electron chi connectivity index (χ1n) is 4.93. The monoisotopic (exact) mass is 293 g/mol. The van der Waals surface area contributed by atoms with Crippen molar-refractivity contribution < 1.29 is 9.42 Å². The van der Waals surface area contributed by atoms with Gasteiger partial charge in [-0.1, -0.05) is 0 Å². The standard InChI is InChI=1S/C10H16NO2PSe/c1-3-11(4-2)14(12,15)13-10-8-6-5-7-9-10/h5-9H,3-4H2,1-2H3,(H,12,15). The summed E-state index contributed by atoms with van der Waals surface area (Å²) < 4.78 is 7.49. The number of nitrogens with zero attached hydrogens (tertiary/aromatic N) is 1. The molecule has 0 spiro atoms. The molecule has 1 aromatic rings. The van der Waals surface area contributed by atoms with Gasteiger partial charge in [-0.25, -0.2) is 0 Å². The van der Waals surface area contributed by atoms with Gasteiger partial charge in [0.25, 0.3) is 0 Å². The van der Waals surface area contributed by atoms with E-state index in [-0.39, 0.29) is 0 Å². The molecule has 0 aliphatic heterocycles. The normalized spacial score (nSPS) is 14.9. The van der Waals surface area contributed by atoms with Crippen molar-refractivity contribution in [2.24, 2.45) is 0 Å². The Morgan fingerprint density at radius 3 is 2.27 bits per heavy atom. The van der Waals surface area contributed by atoms with Gasteiger partial charge in [0.05, 0.1) is 0 Å². The molecule has 0 saturated carbocycles. The van der Waals surface area contributed by atoms with E-state index in [2.05, 4.69) is 15.1 Å². The summed E-state index contributed by atoms with van der Waals surface area (Å²) in [4.78, 5) is 10.2. The van der Waals surface area contributed by atoms with E-state index in [0.29, 0.717) is 5.75 Å². The predicted octanol–water partition coefficient (Wildman–Crippen LogP) is 2.25. The molecule has 1 unspecified atom stereocenters. The zero-order valence-corrected chi connectivity index (χ0v) is 11.6. The molecule has 0 aromatic heterocycles. The van der Waals surface area contributed by atoms with Crippen LogP contribution in [0.5, 0.6) is 5.75 Å². The van der Waals surface area contributed by atoms with Gasteiger partial charge < -0.3 is 0 Å². The fourth-order valence-electron chi connectivity index (χ4n) is 1.26. The SMILES string of the molecule is CCN(CC)P(O)(=[Se])Oc1ccccc1. The fraction of sp³-hybridized carbons (Fsp3) is 0.400. The summed E-state index contributed by atoms with van der Waals surface area (Å²) in [5, 5.41) is 0. The third-order valence-electron chi connectivity index (χ3n) is 2.06. The van der Waals surface area contributed by atoms with Crippen LogP contribution in [0.4, 0.5) is 0 Å². The molecule has 0 aliphatic carbocycles. The number of rotatable bonds is 5. The molecule has 15 heavy (non-hydrogen) atoms. The van der Waals surface area contributed by atoms with Crippen molar-refractivity contribution in [2.75, 3.05) is 13.1 Å². The summed E-state index contributed by atoms with van der Waals surface area (Å²) in [5.41, 5.74) is 0. The van der Waals surface area contributed by atoms with Crippen LogP contribution in [0.1, 0.15) is 13.8 Å². The van der Waals surface area contributed by atoms with Gasteiger partial charge in [-0.2, -0.15) is 0 Å². The molecule has 0 saturated heterocycles. The molecule has 0 heterocycles. The van der Waals surface area contributed by atoms with Crippen molar-refractivity contribution in [1.82, 2.24) is 4.67 Å². The minimum absolute atomic E-state index is 0.694. The minimum atomic E-state index is -2.57. The average Bonchev–Trinajstić information content (AvgIpc) is 2.19.